The molecule has 1 aliphatic heterocycles. The highest BCUT2D eigenvalue weighted by Crippen LogP contribution is 2.20. The minimum absolute atomic E-state index is 0.118. The van der Waals surface area contributed by atoms with Crippen molar-refractivity contribution < 1.29 is 4.79 Å². The van der Waals surface area contributed by atoms with Crippen LogP contribution in [-0.2, 0) is 18.9 Å². The summed E-state index contributed by atoms with van der Waals surface area (Å²) in [6.07, 6.45) is 0.514. The summed E-state index contributed by atoms with van der Waals surface area (Å²) in [6.45, 7) is 2.69. The second kappa shape index (κ2) is 5.44. The maximum Gasteiger partial charge on any atom is 0.332 e. The van der Waals surface area contributed by atoms with E-state index < -0.39 is 17.3 Å². The number of carbonyl (C=O) groups is 1. The number of rotatable bonds is 2. The Morgan fingerprint density at radius 2 is 1.95 bits per heavy atom. The van der Waals surface area contributed by atoms with E-state index in [9.17, 15) is 19.6 Å². The lowest BCUT2D eigenvalue weighted by Crippen LogP contribution is -2.57. The second-order valence-electron chi connectivity index (χ2n) is 4.92. The van der Waals surface area contributed by atoms with Crippen LogP contribution >= 0.6 is 0 Å². The van der Waals surface area contributed by atoms with Crippen molar-refractivity contribution in [3.05, 3.63) is 26.4 Å². The van der Waals surface area contributed by atoms with E-state index in [0.29, 0.717) is 19.5 Å². The zero-order valence-electron chi connectivity index (χ0n) is 12.2. The van der Waals surface area contributed by atoms with Crippen LogP contribution in [0, 0.1) is 11.3 Å². The van der Waals surface area contributed by atoms with Crippen molar-refractivity contribution in [2.45, 2.75) is 19.4 Å². The highest BCUT2D eigenvalue weighted by molar-refractivity contribution is 5.86. The summed E-state index contributed by atoms with van der Waals surface area (Å²) >= 11 is 0. The molecule has 112 valence electrons. The van der Waals surface area contributed by atoms with Gasteiger partial charge in [-0.05, 0) is 6.42 Å². The molecular formula is C13H17N5O3. The third kappa shape index (κ3) is 2.20. The van der Waals surface area contributed by atoms with Crippen LogP contribution in [0.15, 0.2) is 9.59 Å². The van der Waals surface area contributed by atoms with E-state index in [-0.39, 0.29) is 17.3 Å². The molecule has 8 nitrogen and oxygen atoms in total. The summed E-state index contributed by atoms with van der Waals surface area (Å²) in [5.41, 5.74) is -1.28. The predicted octanol–water partition coefficient (Wildman–Crippen LogP) is -1.33. The van der Waals surface area contributed by atoms with Gasteiger partial charge in [-0.25, -0.2) is 4.79 Å². The number of hydrogen-bond acceptors (Lipinski definition) is 5. The minimum atomic E-state index is -0.642. The lowest BCUT2D eigenvalue weighted by molar-refractivity contribution is -0.123. The Labute approximate surface area is 121 Å². The summed E-state index contributed by atoms with van der Waals surface area (Å²) in [4.78, 5) is 37.8. The molecule has 8 heteroatoms. The van der Waals surface area contributed by atoms with E-state index in [1.165, 1.54) is 18.7 Å². The SMILES string of the molecule is CC[C@@H]1C(=O)NCCN1c1c(C#N)c(=O)n(C)c(=O)n1C. The van der Waals surface area contributed by atoms with Gasteiger partial charge >= 0.3 is 5.69 Å². The van der Waals surface area contributed by atoms with Crippen LogP contribution in [0.5, 0.6) is 0 Å². The topological polar surface area (TPSA) is 100 Å². The van der Waals surface area contributed by atoms with Crippen LogP contribution in [0.4, 0.5) is 5.82 Å². The molecule has 2 rings (SSSR count). The van der Waals surface area contributed by atoms with Gasteiger partial charge in [0.15, 0.2) is 5.56 Å². The highest BCUT2D eigenvalue weighted by atomic mass is 16.2. The zero-order chi connectivity index (χ0) is 15.7. The molecule has 1 saturated heterocycles. The van der Waals surface area contributed by atoms with E-state index in [4.69, 9.17) is 0 Å². The molecule has 0 bridgehead atoms. The lowest BCUT2D eigenvalue weighted by atomic mass is 10.1. The van der Waals surface area contributed by atoms with Crippen LogP contribution in [-0.4, -0.2) is 34.2 Å². The Kier molecular flexibility index (Phi) is 3.84. The van der Waals surface area contributed by atoms with Crippen LogP contribution in [0.2, 0.25) is 0 Å². The molecule has 1 fully saturated rings. The van der Waals surface area contributed by atoms with Crippen LogP contribution < -0.4 is 21.5 Å². The van der Waals surface area contributed by atoms with Gasteiger partial charge in [0, 0.05) is 27.2 Å². The van der Waals surface area contributed by atoms with E-state index in [0.717, 1.165) is 4.57 Å². The van der Waals surface area contributed by atoms with Crippen LogP contribution in [0.25, 0.3) is 0 Å². The Balaban J connectivity index is 2.74. The molecule has 1 amide bonds. The molecule has 0 radical (unpaired) electrons. The number of aromatic nitrogens is 2. The first-order chi connectivity index (χ1) is 9.93. The molecule has 1 aromatic heterocycles. The summed E-state index contributed by atoms with van der Waals surface area (Å²) in [6, 6.07) is 1.37. The quantitative estimate of drug-likeness (QED) is 0.727. The monoisotopic (exact) mass is 291 g/mol. The molecule has 0 spiro atoms. The fraction of sp³-hybridized carbons (Fsp3) is 0.538. The molecule has 0 unspecified atom stereocenters. The maximum atomic E-state index is 12.1. The molecule has 21 heavy (non-hydrogen) atoms. The van der Waals surface area contributed by atoms with Crippen molar-refractivity contribution in [2.75, 3.05) is 18.0 Å². The van der Waals surface area contributed by atoms with Gasteiger partial charge in [-0.2, -0.15) is 5.26 Å². The molecule has 1 aliphatic rings. The third-order valence-corrected chi connectivity index (χ3v) is 3.74. The average Bonchev–Trinajstić information content (AvgIpc) is 2.48. The predicted molar refractivity (Wildman–Crippen MR) is 76.1 cm³/mol. The van der Waals surface area contributed by atoms with E-state index in [1.807, 2.05) is 13.0 Å². The van der Waals surface area contributed by atoms with Gasteiger partial charge < -0.3 is 10.2 Å². The van der Waals surface area contributed by atoms with Crippen molar-refractivity contribution in [1.29, 1.82) is 5.26 Å². The zero-order valence-corrected chi connectivity index (χ0v) is 12.2. The van der Waals surface area contributed by atoms with Crippen LogP contribution in [0.1, 0.15) is 18.9 Å². The van der Waals surface area contributed by atoms with Crippen LogP contribution in [0.3, 0.4) is 0 Å². The van der Waals surface area contributed by atoms with E-state index in [1.54, 1.807) is 4.90 Å². The molecule has 2 heterocycles. The highest BCUT2D eigenvalue weighted by Gasteiger charge is 2.32. The van der Waals surface area contributed by atoms with Gasteiger partial charge in [-0.15, -0.1) is 0 Å². The average molecular weight is 291 g/mol. The Morgan fingerprint density at radius 3 is 2.52 bits per heavy atom. The van der Waals surface area contributed by atoms with Gasteiger partial charge in [0.25, 0.3) is 5.56 Å². The summed E-state index contributed by atoms with van der Waals surface area (Å²) in [7, 11) is 2.83. The fourth-order valence-corrected chi connectivity index (χ4v) is 2.64. The minimum Gasteiger partial charge on any atom is -0.353 e. The lowest BCUT2D eigenvalue weighted by Gasteiger charge is -2.37. The summed E-state index contributed by atoms with van der Waals surface area (Å²) < 4.78 is 2.15. The van der Waals surface area contributed by atoms with Crippen molar-refractivity contribution in [2.24, 2.45) is 14.1 Å². The molecule has 1 N–H and O–H groups in total. The van der Waals surface area contributed by atoms with E-state index in [2.05, 4.69) is 5.32 Å². The summed E-state index contributed by atoms with van der Waals surface area (Å²) in [5, 5.41) is 12.0. The van der Waals surface area contributed by atoms with Crippen molar-refractivity contribution in [1.82, 2.24) is 14.5 Å². The number of anilines is 1. The number of nitriles is 1. The molecule has 0 aromatic carbocycles. The number of nitrogens with zero attached hydrogens (tertiary/aromatic N) is 4. The summed E-state index contributed by atoms with van der Waals surface area (Å²) in [5.74, 6) is 0.0491. The van der Waals surface area contributed by atoms with E-state index >= 15 is 0 Å². The van der Waals surface area contributed by atoms with Crippen molar-refractivity contribution in [3.63, 3.8) is 0 Å². The van der Waals surface area contributed by atoms with Gasteiger partial charge in [0.05, 0.1) is 0 Å². The van der Waals surface area contributed by atoms with Crippen molar-refractivity contribution in [3.8, 4) is 6.07 Å². The third-order valence-electron chi connectivity index (χ3n) is 3.74. The molecular weight excluding hydrogens is 274 g/mol. The maximum absolute atomic E-state index is 12.1. The number of amides is 1. The second-order valence-corrected chi connectivity index (χ2v) is 4.92. The van der Waals surface area contributed by atoms with Gasteiger partial charge in [-0.3, -0.25) is 18.7 Å². The first-order valence-corrected chi connectivity index (χ1v) is 6.68. The Morgan fingerprint density at radius 1 is 1.29 bits per heavy atom. The smallest absolute Gasteiger partial charge is 0.332 e. The number of piperazine rings is 1. The largest absolute Gasteiger partial charge is 0.353 e. The molecule has 0 aliphatic carbocycles. The first kappa shape index (κ1) is 14.8. The fourth-order valence-electron chi connectivity index (χ4n) is 2.64. The number of carbonyl (C=O) groups excluding carboxylic acids is 1. The molecule has 1 aromatic rings. The van der Waals surface area contributed by atoms with Crippen molar-refractivity contribution >= 4 is 11.7 Å². The normalized spacial score (nSPS) is 18.3. The first-order valence-electron chi connectivity index (χ1n) is 6.68. The van der Waals surface area contributed by atoms with Gasteiger partial charge in [0.1, 0.15) is 17.9 Å². The molecule has 0 saturated carbocycles. The Hall–Kier alpha value is -2.56. The number of nitrogens with one attached hydrogen (secondary N) is 1. The molecule has 1 atom stereocenters. The van der Waals surface area contributed by atoms with Gasteiger partial charge in [-0.1, -0.05) is 6.92 Å². The Bertz CT molecular complexity index is 740. The number of hydrogen-bond donors (Lipinski definition) is 1. The standard InChI is InChI=1S/C13H17N5O3/c1-4-9-10(19)15-5-6-18(9)11-8(7-14)12(20)17(3)13(21)16(11)2/h9H,4-6H2,1-3H3,(H,15,19)/t9-/m1/s1. The van der Waals surface area contributed by atoms with Gasteiger partial charge in [0.2, 0.25) is 5.91 Å².